The fourth-order valence-electron chi connectivity index (χ4n) is 5.00. The van der Waals surface area contributed by atoms with Gasteiger partial charge in [0.15, 0.2) is 5.82 Å². The minimum absolute atomic E-state index is 0.153. The van der Waals surface area contributed by atoms with Gasteiger partial charge in [0.05, 0.1) is 16.7 Å². The standard InChI is InChI=1S/C29H25FN4O5/c1-16(28-32-29(35)39-33-28)26-20-9-7-17(11-18(20)14-38-24-12-19(30)8-10-21(24)26)13-34-22-5-4-6-23(37-3)27(22)31-25(34)15-36-2/h4-12H,13-15H2,1-3H3,(H,32,33,35)/b26-16+/i3D3. The van der Waals surface area contributed by atoms with Crippen LogP contribution in [0, 0.1) is 5.82 Å². The highest BCUT2D eigenvalue weighted by Crippen LogP contribution is 2.41. The minimum atomic E-state index is -2.63. The van der Waals surface area contributed by atoms with Crippen molar-refractivity contribution in [3.63, 3.8) is 0 Å². The molecule has 0 bridgehead atoms. The molecule has 0 atom stereocenters. The molecule has 6 rings (SSSR count). The van der Waals surface area contributed by atoms with Crippen LogP contribution in [0.2, 0.25) is 0 Å². The normalized spacial score (nSPS) is 15.4. The Kier molecular flexibility index (Phi) is 5.38. The first-order valence-electron chi connectivity index (χ1n) is 13.6. The van der Waals surface area contributed by atoms with Crippen molar-refractivity contribution in [3.05, 3.63) is 105 Å². The fraction of sp³-hybridized carbons (Fsp3) is 0.207. The smallest absolute Gasteiger partial charge is 0.439 e. The molecule has 1 N–H and O–H groups in total. The quantitative estimate of drug-likeness (QED) is 0.331. The van der Waals surface area contributed by atoms with Gasteiger partial charge in [0.25, 0.3) is 0 Å². The molecule has 10 heteroatoms. The zero-order valence-electron chi connectivity index (χ0n) is 24.1. The van der Waals surface area contributed by atoms with Crippen molar-refractivity contribution in [2.75, 3.05) is 14.1 Å². The van der Waals surface area contributed by atoms with Gasteiger partial charge in [-0.05, 0) is 59.5 Å². The number of hydrogen-bond donors (Lipinski definition) is 1. The Morgan fingerprint density at radius 2 is 2.08 bits per heavy atom. The molecule has 0 saturated carbocycles. The number of H-pyrrole nitrogens is 1. The second-order valence-corrected chi connectivity index (χ2v) is 9.14. The molecule has 0 amide bonds. The molecular formula is C29H25FN4O5. The van der Waals surface area contributed by atoms with Crippen LogP contribution in [0.25, 0.3) is 22.2 Å². The van der Waals surface area contributed by atoms with E-state index in [-0.39, 0.29) is 24.8 Å². The first-order chi connectivity index (χ1) is 20.1. The number of aromatic amines is 1. The number of ether oxygens (including phenoxy) is 3. The maximum Gasteiger partial charge on any atom is 0.439 e. The van der Waals surface area contributed by atoms with Crippen LogP contribution in [-0.2, 0) is 24.5 Å². The molecule has 5 aromatic rings. The van der Waals surface area contributed by atoms with E-state index >= 15 is 0 Å². The first-order valence-corrected chi connectivity index (χ1v) is 12.1. The highest BCUT2D eigenvalue weighted by molar-refractivity contribution is 5.99. The van der Waals surface area contributed by atoms with Crippen molar-refractivity contribution in [2.45, 2.75) is 26.7 Å². The van der Waals surface area contributed by atoms with Crippen molar-refractivity contribution in [2.24, 2.45) is 0 Å². The van der Waals surface area contributed by atoms with Gasteiger partial charge in [0.2, 0.25) is 0 Å². The van der Waals surface area contributed by atoms with Crippen molar-refractivity contribution < 1.29 is 27.2 Å². The summed E-state index contributed by atoms with van der Waals surface area (Å²) < 4.78 is 60.1. The van der Waals surface area contributed by atoms with Crippen molar-refractivity contribution >= 4 is 22.2 Å². The maximum atomic E-state index is 14.2. The van der Waals surface area contributed by atoms with Gasteiger partial charge in [-0.1, -0.05) is 23.4 Å². The molecule has 3 aromatic carbocycles. The lowest BCUT2D eigenvalue weighted by Crippen LogP contribution is -2.07. The summed E-state index contributed by atoms with van der Waals surface area (Å²) in [6.07, 6.45) is 0. The number of rotatable bonds is 6. The molecule has 0 aliphatic carbocycles. The van der Waals surface area contributed by atoms with E-state index in [1.54, 1.807) is 32.2 Å². The molecule has 39 heavy (non-hydrogen) atoms. The number of methoxy groups -OCH3 is 2. The molecule has 1 aliphatic rings. The third-order valence-electron chi connectivity index (χ3n) is 6.75. The molecule has 198 valence electrons. The number of nitrogens with one attached hydrogen (secondary N) is 1. The van der Waals surface area contributed by atoms with Crippen LogP contribution < -0.4 is 15.2 Å². The van der Waals surface area contributed by atoms with E-state index in [0.29, 0.717) is 45.9 Å². The van der Waals surface area contributed by atoms with E-state index < -0.39 is 18.6 Å². The predicted octanol–water partition coefficient (Wildman–Crippen LogP) is 4.93. The highest BCUT2D eigenvalue weighted by Gasteiger charge is 2.24. The average molecular weight is 532 g/mol. The van der Waals surface area contributed by atoms with Crippen LogP contribution >= 0.6 is 0 Å². The molecule has 0 fully saturated rings. The van der Waals surface area contributed by atoms with E-state index in [2.05, 4.69) is 15.1 Å². The summed E-state index contributed by atoms with van der Waals surface area (Å²) in [4.78, 5) is 18.9. The molecule has 0 radical (unpaired) electrons. The SMILES string of the molecule is [2H]C([2H])([2H])Oc1cccc2c1nc(COC)n2Cc1ccc2c(c1)COc1cc(F)ccc1/C2=C(\C)c1noc(=O)[nH]1. The zero-order chi connectivity index (χ0) is 29.6. The van der Waals surface area contributed by atoms with Crippen molar-refractivity contribution in [1.29, 1.82) is 0 Å². The third-order valence-corrected chi connectivity index (χ3v) is 6.75. The van der Waals surface area contributed by atoms with E-state index in [4.69, 9.17) is 22.8 Å². The second-order valence-electron chi connectivity index (χ2n) is 9.14. The molecule has 0 spiro atoms. The maximum absolute atomic E-state index is 14.2. The number of imidazole rings is 1. The number of nitrogens with zero attached hydrogens (tertiary/aromatic N) is 3. The van der Waals surface area contributed by atoms with E-state index in [9.17, 15) is 9.18 Å². The number of aromatic nitrogens is 4. The van der Waals surface area contributed by atoms with Crippen molar-refractivity contribution in [3.8, 4) is 11.5 Å². The van der Waals surface area contributed by atoms with Crippen LogP contribution in [0.4, 0.5) is 4.39 Å². The second kappa shape index (κ2) is 9.88. The van der Waals surface area contributed by atoms with Crippen LogP contribution in [0.15, 0.2) is 63.9 Å². The third kappa shape index (κ3) is 4.38. The summed E-state index contributed by atoms with van der Waals surface area (Å²) in [7, 11) is -1.07. The summed E-state index contributed by atoms with van der Waals surface area (Å²) in [5, 5.41) is 3.85. The topological polar surface area (TPSA) is 104 Å². The molecule has 2 aromatic heterocycles. The summed E-state index contributed by atoms with van der Waals surface area (Å²) >= 11 is 0. The van der Waals surface area contributed by atoms with Gasteiger partial charge in [-0.2, -0.15) is 0 Å². The zero-order valence-corrected chi connectivity index (χ0v) is 21.1. The number of allylic oxidation sites excluding steroid dienone is 1. The van der Waals surface area contributed by atoms with Gasteiger partial charge in [0.1, 0.15) is 41.9 Å². The van der Waals surface area contributed by atoms with Crippen LogP contribution in [-0.4, -0.2) is 33.8 Å². The van der Waals surface area contributed by atoms with Gasteiger partial charge in [-0.3, -0.25) is 9.51 Å². The Balaban J connectivity index is 1.46. The Hall–Kier alpha value is -4.70. The summed E-state index contributed by atoms with van der Waals surface area (Å²) in [5.41, 5.74) is 5.64. The number of fused-ring (bicyclic) bond motifs is 3. The molecular weight excluding hydrogens is 503 g/mol. The van der Waals surface area contributed by atoms with Gasteiger partial charge in [-0.25, -0.2) is 14.2 Å². The first kappa shape index (κ1) is 21.3. The molecule has 3 heterocycles. The lowest BCUT2D eigenvalue weighted by Gasteiger charge is -2.15. The summed E-state index contributed by atoms with van der Waals surface area (Å²) in [6.45, 7) is 2.54. The lowest BCUT2D eigenvalue weighted by molar-refractivity contribution is 0.175. The van der Waals surface area contributed by atoms with Gasteiger partial charge in [-0.15, -0.1) is 0 Å². The Bertz CT molecular complexity index is 1910. The molecule has 1 aliphatic heterocycles. The summed E-state index contributed by atoms with van der Waals surface area (Å²) in [5.74, 6) is 0.238. The van der Waals surface area contributed by atoms with Crippen LogP contribution in [0.5, 0.6) is 11.5 Å². The minimum Gasteiger partial charge on any atom is -0.494 e. The molecule has 0 unspecified atom stereocenters. The van der Waals surface area contributed by atoms with Gasteiger partial charge < -0.3 is 18.8 Å². The number of para-hydroxylation sites is 1. The predicted molar refractivity (Wildman–Crippen MR) is 142 cm³/mol. The van der Waals surface area contributed by atoms with Crippen LogP contribution in [0.3, 0.4) is 0 Å². The largest absolute Gasteiger partial charge is 0.494 e. The van der Waals surface area contributed by atoms with E-state index in [1.165, 1.54) is 12.1 Å². The van der Waals surface area contributed by atoms with E-state index in [0.717, 1.165) is 16.7 Å². The Labute approximate surface area is 226 Å². The monoisotopic (exact) mass is 531 g/mol. The summed E-state index contributed by atoms with van der Waals surface area (Å²) in [6, 6.07) is 15.3. The molecule has 9 nitrogen and oxygen atoms in total. The van der Waals surface area contributed by atoms with Crippen molar-refractivity contribution in [1.82, 2.24) is 19.7 Å². The Morgan fingerprint density at radius 1 is 1.21 bits per heavy atom. The average Bonchev–Trinajstić information content (AvgIpc) is 3.48. The molecule has 0 saturated heterocycles. The van der Waals surface area contributed by atoms with Gasteiger partial charge >= 0.3 is 5.76 Å². The van der Waals surface area contributed by atoms with E-state index in [1.807, 2.05) is 28.8 Å². The fourth-order valence-corrected chi connectivity index (χ4v) is 5.00. The number of benzene rings is 3. The number of halogens is 1. The van der Waals surface area contributed by atoms with Gasteiger partial charge in [0, 0.05) is 30.9 Å². The highest BCUT2D eigenvalue weighted by atomic mass is 19.1. The lowest BCUT2D eigenvalue weighted by atomic mass is 9.89. The van der Waals surface area contributed by atoms with Crippen LogP contribution in [0.1, 0.15) is 44.9 Å². The number of hydrogen-bond acceptors (Lipinski definition) is 7. The Morgan fingerprint density at radius 3 is 2.87 bits per heavy atom.